The Balaban J connectivity index is 1.38. The first-order chi connectivity index (χ1) is 15.9. The number of methoxy groups -OCH3 is 1. The van der Waals surface area contributed by atoms with Gasteiger partial charge in [-0.1, -0.05) is 18.2 Å². The molecule has 2 heterocycles. The van der Waals surface area contributed by atoms with Crippen LogP contribution in [-0.2, 0) is 10.0 Å². The Labute approximate surface area is 192 Å². The van der Waals surface area contributed by atoms with Gasteiger partial charge in [-0.25, -0.2) is 18.1 Å². The molecule has 0 saturated carbocycles. The molecule has 0 atom stereocenters. The summed E-state index contributed by atoms with van der Waals surface area (Å²) in [6.07, 6.45) is 1.58. The minimum Gasteiger partial charge on any atom is -0.497 e. The first-order valence-electron chi connectivity index (χ1n) is 10.3. The maximum atomic E-state index is 12.8. The molecule has 0 spiro atoms. The number of para-hydroxylation sites is 1. The highest BCUT2D eigenvalue weighted by atomic mass is 32.2. The summed E-state index contributed by atoms with van der Waals surface area (Å²) in [5.41, 5.74) is 2.07. The molecule has 0 fully saturated rings. The third kappa shape index (κ3) is 5.54. The van der Waals surface area contributed by atoms with Gasteiger partial charge in [0.1, 0.15) is 16.5 Å². The normalized spacial score (nSPS) is 11.3. The fraction of sp³-hybridized carbons (Fsp3) is 0.174. The molecular weight excluding hydrogens is 440 g/mol. The van der Waals surface area contributed by atoms with Gasteiger partial charge in [0.2, 0.25) is 16.0 Å². The number of fused-ring (bicyclic) bond motifs is 1. The van der Waals surface area contributed by atoms with Gasteiger partial charge in [0, 0.05) is 42.1 Å². The second-order valence-corrected chi connectivity index (χ2v) is 8.96. The number of benzene rings is 2. The summed E-state index contributed by atoms with van der Waals surface area (Å²) in [6.45, 7) is 2.33. The van der Waals surface area contributed by atoms with Crippen LogP contribution in [0.4, 0.5) is 17.5 Å². The van der Waals surface area contributed by atoms with Gasteiger partial charge in [-0.15, -0.1) is 0 Å². The zero-order chi connectivity index (χ0) is 23.3. The van der Waals surface area contributed by atoms with Gasteiger partial charge in [-0.3, -0.25) is 4.98 Å². The van der Waals surface area contributed by atoms with E-state index in [9.17, 15) is 8.42 Å². The highest BCUT2D eigenvalue weighted by Crippen LogP contribution is 2.21. The molecule has 4 rings (SSSR count). The van der Waals surface area contributed by atoms with Crippen LogP contribution >= 0.6 is 0 Å². The molecule has 3 N–H and O–H groups in total. The maximum Gasteiger partial charge on any atom is 0.242 e. The number of aryl methyl sites for hydroxylation is 1. The van der Waals surface area contributed by atoms with Gasteiger partial charge in [0.25, 0.3) is 0 Å². The van der Waals surface area contributed by atoms with Crippen LogP contribution in [-0.4, -0.2) is 43.6 Å². The molecule has 0 aliphatic heterocycles. The molecule has 0 bridgehead atoms. The minimum atomic E-state index is -3.72. The van der Waals surface area contributed by atoms with E-state index in [2.05, 4.69) is 30.3 Å². The standard InChI is InChI=1S/C23H24N6O3S/c1-16-15-21(28-18-8-10-19(32-2)11-9-18)29-23(27-16)25-13-14-26-33(30,31)20-7-3-5-17-6-4-12-24-22(17)20/h3-12,15,26H,13-14H2,1-2H3,(H2,25,27,28,29). The van der Waals surface area contributed by atoms with Crippen LogP contribution in [0.5, 0.6) is 5.75 Å². The van der Waals surface area contributed by atoms with Crippen molar-refractivity contribution >= 4 is 38.4 Å². The molecule has 2 aromatic heterocycles. The SMILES string of the molecule is COc1ccc(Nc2cc(C)nc(NCCNS(=O)(=O)c3cccc4cccnc34)n2)cc1. The van der Waals surface area contributed by atoms with E-state index < -0.39 is 10.0 Å². The predicted octanol–water partition coefficient (Wildman–Crippen LogP) is 3.48. The summed E-state index contributed by atoms with van der Waals surface area (Å²) >= 11 is 0. The maximum absolute atomic E-state index is 12.8. The fourth-order valence-corrected chi connectivity index (χ4v) is 4.47. The van der Waals surface area contributed by atoms with Gasteiger partial charge in [0.05, 0.1) is 12.6 Å². The van der Waals surface area contributed by atoms with E-state index in [1.807, 2.05) is 49.4 Å². The number of nitrogens with one attached hydrogen (secondary N) is 3. The Morgan fingerprint density at radius 1 is 0.970 bits per heavy atom. The number of anilines is 3. The van der Waals surface area contributed by atoms with Crippen molar-refractivity contribution in [3.05, 3.63) is 72.6 Å². The molecule has 170 valence electrons. The summed E-state index contributed by atoms with van der Waals surface area (Å²) in [4.78, 5) is 13.2. The second kappa shape index (κ2) is 9.80. The van der Waals surface area contributed by atoms with Gasteiger partial charge < -0.3 is 15.4 Å². The smallest absolute Gasteiger partial charge is 0.242 e. The number of ether oxygens (including phenoxy) is 1. The van der Waals surface area contributed by atoms with E-state index in [0.717, 1.165) is 22.5 Å². The summed E-state index contributed by atoms with van der Waals surface area (Å²) in [7, 11) is -2.10. The Morgan fingerprint density at radius 2 is 1.76 bits per heavy atom. The van der Waals surface area contributed by atoms with E-state index >= 15 is 0 Å². The molecule has 0 radical (unpaired) electrons. The van der Waals surface area contributed by atoms with Crippen molar-refractivity contribution in [1.29, 1.82) is 0 Å². The molecule has 2 aromatic carbocycles. The number of sulfonamides is 1. The van der Waals surface area contributed by atoms with Crippen LogP contribution in [0.25, 0.3) is 10.9 Å². The Bertz CT molecular complexity index is 1360. The van der Waals surface area contributed by atoms with Crippen molar-refractivity contribution in [2.24, 2.45) is 0 Å². The summed E-state index contributed by atoms with van der Waals surface area (Å²) in [6, 6.07) is 18.0. The quantitative estimate of drug-likeness (QED) is 0.322. The number of nitrogens with zero attached hydrogens (tertiary/aromatic N) is 3. The number of pyridine rings is 1. The lowest BCUT2D eigenvalue weighted by molar-refractivity contribution is 0.415. The van der Waals surface area contributed by atoms with E-state index in [1.54, 1.807) is 31.5 Å². The van der Waals surface area contributed by atoms with Crippen LogP contribution in [0.3, 0.4) is 0 Å². The van der Waals surface area contributed by atoms with Crippen molar-refractivity contribution in [3.8, 4) is 5.75 Å². The van der Waals surface area contributed by atoms with E-state index in [-0.39, 0.29) is 11.4 Å². The lowest BCUT2D eigenvalue weighted by Crippen LogP contribution is -2.29. The third-order valence-electron chi connectivity index (χ3n) is 4.80. The minimum absolute atomic E-state index is 0.151. The molecule has 0 saturated heterocycles. The predicted molar refractivity (Wildman–Crippen MR) is 128 cm³/mol. The van der Waals surface area contributed by atoms with Gasteiger partial charge in [-0.05, 0) is 43.3 Å². The lowest BCUT2D eigenvalue weighted by Gasteiger charge is -2.11. The zero-order valence-corrected chi connectivity index (χ0v) is 19.1. The van der Waals surface area contributed by atoms with E-state index in [1.165, 1.54) is 0 Å². The fourth-order valence-electron chi connectivity index (χ4n) is 3.26. The Morgan fingerprint density at radius 3 is 2.55 bits per heavy atom. The number of hydrogen-bond donors (Lipinski definition) is 3. The van der Waals surface area contributed by atoms with Crippen molar-refractivity contribution in [2.45, 2.75) is 11.8 Å². The van der Waals surface area contributed by atoms with Crippen LogP contribution in [0.2, 0.25) is 0 Å². The highest BCUT2D eigenvalue weighted by Gasteiger charge is 2.17. The molecular formula is C23H24N6O3S. The molecule has 0 unspecified atom stereocenters. The van der Waals surface area contributed by atoms with Crippen LogP contribution in [0.1, 0.15) is 5.69 Å². The average molecular weight is 465 g/mol. The molecule has 33 heavy (non-hydrogen) atoms. The van der Waals surface area contributed by atoms with Crippen molar-refractivity contribution in [2.75, 3.05) is 30.8 Å². The first kappa shape index (κ1) is 22.4. The molecule has 10 heteroatoms. The van der Waals surface area contributed by atoms with Gasteiger partial charge in [-0.2, -0.15) is 4.98 Å². The first-order valence-corrected chi connectivity index (χ1v) is 11.8. The zero-order valence-electron chi connectivity index (χ0n) is 18.2. The van der Waals surface area contributed by atoms with Gasteiger partial charge >= 0.3 is 0 Å². The summed E-state index contributed by atoms with van der Waals surface area (Å²) in [5, 5.41) is 7.06. The van der Waals surface area contributed by atoms with Crippen molar-refractivity contribution in [3.63, 3.8) is 0 Å². The van der Waals surface area contributed by atoms with Crippen molar-refractivity contribution in [1.82, 2.24) is 19.7 Å². The highest BCUT2D eigenvalue weighted by molar-refractivity contribution is 7.89. The van der Waals surface area contributed by atoms with Crippen molar-refractivity contribution < 1.29 is 13.2 Å². The van der Waals surface area contributed by atoms with E-state index in [0.29, 0.717) is 23.8 Å². The van der Waals surface area contributed by atoms with E-state index in [4.69, 9.17) is 4.74 Å². The Kier molecular flexibility index (Phi) is 6.66. The van der Waals surface area contributed by atoms with Gasteiger partial charge in [0.15, 0.2) is 0 Å². The Hall–Kier alpha value is -3.76. The molecule has 0 amide bonds. The number of rotatable bonds is 9. The number of hydrogen-bond acceptors (Lipinski definition) is 8. The molecule has 9 nitrogen and oxygen atoms in total. The lowest BCUT2D eigenvalue weighted by atomic mass is 10.2. The molecule has 0 aliphatic carbocycles. The third-order valence-corrected chi connectivity index (χ3v) is 6.29. The second-order valence-electron chi connectivity index (χ2n) is 7.23. The van der Waals surface area contributed by atoms with Crippen LogP contribution in [0.15, 0.2) is 71.8 Å². The number of aromatic nitrogens is 3. The summed E-state index contributed by atoms with van der Waals surface area (Å²) < 4.78 is 33.3. The monoisotopic (exact) mass is 464 g/mol. The largest absolute Gasteiger partial charge is 0.497 e. The molecule has 0 aliphatic rings. The topological polar surface area (TPSA) is 118 Å². The van der Waals surface area contributed by atoms with Crippen LogP contribution < -0.4 is 20.1 Å². The summed E-state index contributed by atoms with van der Waals surface area (Å²) in [5.74, 6) is 1.79. The van der Waals surface area contributed by atoms with Crippen LogP contribution in [0, 0.1) is 6.92 Å². The molecule has 4 aromatic rings. The average Bonchev–Trinajstić information content (AvgIpc) is 2.81.